The average molecular weight is 327 g/mol. The van der Waals surface area contributed by atoms with Crippen molar-refractivity contribution in [3.63, 3.8) is 0 Å². The molecule has 1 aliphatic rings. The Balaban J connectivity index is 0.00000139. The predicted molar refractivity (Wildman–Crippen MR) is 102 cm³/mol. The van der Waals surface area contributed by atoms with Crippen molar-refractivity contribution >= 4 is 0 Å². The fraction of sp³-hybridized carbons (Fsp3) is 0.333. The first kappa shape index (κ1) is 19.6. The van der Waals surface area contributed by atoms with Crippen molar-refractivity contribution in [1.29, 1.82) is 0 Å². The third kappa shape index (κ3) is 6.78. The van der Waals surface area contributed by atoms with Gasteiger partial charge in [-0.25, -0.2) is 0 Å². The zero-order chi connectivity index (χ0) is 17.8. The molecule has 3 heteroatoms. The number of ether oxygens (including phenoxy) is 1. The molecule has 0 amide bonds. The van der Waals surface area contributed by atoms with Crippen LogP contribution in [0.25, 0.3) is 0 Å². The molecule has 0 unspecified atom stereocenters. The van der Waals surface area contributed by atoms with Crippen molar-refractivity contribution in [2.45, 2.75) is 40.5 Å². The Labute approximate surface area is 146 Å². The average Bonchev–Trinajstić information content (AvgIpc) is 3.03. The second-order valence-electron chi connectivity index (χ2n) is 5.23. The van der Waals surface area contributed by atoms with Crippen LogP contribution in [0.4, 0.5) is 0 Å². The summed E-state index contributed by atoms with van der Waals surface area (Å²) in [4.78, 5) is 0. The van der Waals surface area contributed by atoms with Crippen LogP contribution in [0.3, 0.4) is 0 Å². The third-order valence-corrected chi connectivity index (χ3v) is 3.36. The van der Waals surface area contributed by atoms with Gasteiger partial charge in [-0.1, -0.05) is 44.2 Å². The number of benzene rings is 1. The molecule has 0 spiro atoms. The Morgan fingerprint density at radius 1 is 1.25 bits per heavy atom. The lowest BCUT2D eigenvalue weighted by atomic mass is 10.1. The van der Waals surface area contributed by atoms with E-state index in [1.807, 2.05) is 70.2 Å². The molecule has 0 aromatic heterocycles. The summed E-state index contributed by atoms with van der Waals surface area (Å²) in [6.07, 6.45) is 10.9. The van der Waals surface area contributed by atoms with Crippen molar-refractivity contribution in [1.82, 2.24) is 5.32 Å². The van der Waals surface area contributed by atoms with Crippen LogP contribution in [-0.2, 0) is 6.42 Å². The molecule has 0 fully saturated rings. The van der Waals surface area contributed by atoms with Crippen LogP contribution in [0.1, 0.15) is 39.7 Å². The first-order valence-electron chi connectivity index (χ1n) is 8.57. The first-order chi connectivity index (χ1) is 11.7. The van der Waals surface area contributed by atoms with Crippen molar-refractivity contribution in [2.75, 3.05) is 6.54 Å². The Bertz CT molecular complexity index is 597. The van der Waals surface area contributed by atoms with Crippen LogP contribution in [0.2, 0.25) is 0 Å². The summed E-state index contributed by atoms with van der Waals surface area (Å²) in [6.45, 7) is 8.63. The summed E-state index contributed by atoms with van der Waals surface area (Å²) in [5.41, 5.74) is 2.28. The second-order valence-corrected chi connectivity index (χ2v) is 5.23. The molecule has 1 heterocycles. The maximum Gasteiger partial charge on any atom is 0.130 e. The Morgan fingerprint density at radius 2 is 2.00 bits per heavy atom. The van der Waals surface area contributed by atoms with Crippen molar-refractivity contribution in [3.05, 3.63) is 77.4 Å². The molecule has 0 bridgehead atoms. The molecule has 0 saturated heterocycles. The summed E-state index contributed by atoms with van der Waals surface area (Å²) < 4.78 is 5.78. The number of aliphatic hydroxyl groups excluding tert-OH is 1. The van der Waals surface area contributed by atoms with E-state index in [1.54, 1.807) is 6.08 Å². The van der Waals surface area contributed by atoms with Crippen LogP contribution < -0.4 is 10.1 Å². The minimum absolute atomic E-state index is 0.381. The summed E-state index contributed by atoms with van der Waals surface area (Å²) in [5.74, 6) is 2.29. The Hall–Kier alpha value is -2.42. The van der Waals surface area contributed by atoms with Gasteiger partial charge in [-0.3, -0.25) is 0 Å². The number of nitrogens with one attached hydrogen (secondary N) is 1. The van der Waals surface area contributed by atoms with Gasteiger partial charge in [0.1, 0.15) is 11.5 Å². The Morgan fingerprint density at radius 3 is 2.71 bits per heavy atom. The Kier molecular flexibility index (Phi) is 9.13. The normalized spacial score (nSPS) is 15.8. The molecule has 24 heavy (non-hydrogen) atoms. The van der Waals surface area contributed by atoms with Gasteiger partial charge in [0.2, 0.25) is 0 Å². The van der Waals surface area contributed by atoms with E-state index < -0.39 is 0 Å². The molecule has 0 radical (unpaired) electrons. The van der Waals surface area contributed by atoms with Gasteiger partial charge in [0.15, 0.2) is 0 Å². The molecule has 0 atom stereocenters. The van der Waals surface area contributed by atoms with E-state index in [-0.39, 0.29) is 0 Å². The molecule has 1 aromatic carbocycles. The zero-order valence-electron chi connectivity index (χ0n) is 15.2. The lowest BCUT2D eigenvalue weighted by molar-refractivity contribution is 0.387. The van der Waals surface area contributed by atoms with E-state index >= 15 is 0 Å². The highest BCUT2D eigenvalue weighted by Crippen LogP contribution is 2.30. The largest absolute Gasteiger partial charge is 0.512 e. The van der Waals surface area contributed by atoms with Crippen LogP contribution >= 0.6 is 0 Å². The second kappa shape index (κ2) is 11.2. The number of fused-ring (bicyclic) bond motifs is 1. The highest BCUT2D eigenvalue weighted by Gasteiger charge is 2.15. The summed E-state index contributed by atoms with van der Waals surface area (Å²) in [5, 5.41) is 12.9. The topological polar surface area (TPSA) is 41.5 Å². The van der Waals surface area contributed by atoms with E-state index in [2.05, 4.69) is 11.4 Å². The SMILES string of the molecule is C/C=C\C=C(\O)CCN/C(C)=C/C=C1\Cc2ccccc2O1.CC. The van der Waals surface area contributed by atoms with Gasteiger partial charge in [-0.2, -0.15) is 0 Å². The highest BCUT2D eigenvalue weighted by molar-refractivity contribution is 5.42. The molecule has 0 aliphatic carbocycles. The highest BCUT2D eigenvalue weighted by atomic mass is 16.5. The smallest absolute Gasteiger partial charge is 0.130 e. The van der Waals surface area contributed by atoms with Gasteiger partial charge in [0.05, 0.1) is 5.76 Å². The number of rotatable bonds is 6. The van der Waals surface area contributed by atoms with Crippen molar-refractivity contribution in [3.8, 4) is 5.75 Å². The summed E-state index contributed by atoms with van der Waals surface area (Å²) >= 11 is 0. The van der Waals surface area contributed by atoms with Gasteiger partial charge < -0.3 is 15.2 Å². The minimum Gasteiger partial charge on any atom is -0.512 e. The molecular weight excluding hydrogens is 298 g/mol. The fourth-order valence-electron chi connectivity index (χ4n) is 2.16. The predicted octanol–water partition coefficient (Wildman–Crippen LogP) is 5.43. The monoisotopic (exact) mass is 327 g/mol. The van der Waals surface area contributed by atoms with Gasteiger partial charge in [0.25, 0.3) is 0 Å². The molecule has 130 valence electrons. The minimum atomic E-state index is 0.381. The van der Waals surface area contributed by atoms with E-state index in [4.69, 9.17) is 4.74 Å². The molecular formula is C21H29NO2. The molecule has 2 rings (SSSR count). The fourth-order valence-corrected chi connectivity index (χ4v) is 2.16. The molecule has 0 saturated carbocycles. The van der Waals surface area contributed by atoms with Crippen LogP contribution in [0.5, 0.6) is 5.75 Å². The lowest BCUT2D eigenvalue weighted by Crippen LogP contribution is -2.13. The van der Waals surface area contributed by atoms with Crippen molar-refractivity contribution in [2.24, 2.45) is 0 Å². The van der Waals surface area contributed by atoms with Gasteiger partial charge in [0, 0.05) is 30.6 Å². The number of hydrogen-bond donors (Lipinski definition) is 2. The van der Waals surface area contributed by atoms with E-state index in [0.29, 0.717) is 18.7 Å². The zero-order valence-corrected chi connectivity index (χ0v) is 15.2. The number of hydrogen-bond acceptors (Lipinski definition) is 3. The molecule has 1 aliphatic heterocycles. The van der Waals surface area contributed by atoms with Crippen LogP contribution in [0, 0.1) is 0 Å². The molecule has 2 N–H and O–H groups in total. The number of allylic oxidation sites excluding steroid dienone is 7. The molecule has 3 nitrogen and oxygen atoms in total. The van der Waals surface area contributed by atoms with E-state index in [1.165, 1.54) is 5.56 Å². The van der Waals surface area contributed by atoms with Gasteiger partial charge >= 0.3 is 0 Å². The molecule has 1 aromatic rings. The third-order valence-electron chi connectivity index (χ3n) is 3.36. The maximum atomic E-state index is 9.61. The lowest BCUT2D eigenvalue weighted by Gasteiger charge is -2.05. The summed E-state index contributed by atoms with van der Waals surface area (Å²) in [7, 11) is 0. The number of aliphatic hydroxyl groups is 1. The maximum absolute atomic E-state index is 9.61. The number of para-hydroxylation sites is 1. The standard InChI is InChI=1S/C19H23NO2.C2H6/c1-3-4-8-17(21)12-13-20-15(2)10-11-18-14-16-7-5-6-9-19(16)22-18;1-2/h3-11,20-21H,12-14H2,1-2H3;1-2H3/b4-3-,15-10+,17-8+,18-11+;. The van der Waals surface area contributed by atoms with Crippen LogP contribution in [-0.4, -0.2) is 11.7 Å². The quantitative estimate of drug-likeness (QED) is 0.540. The summed E-state index contributed by atoms with van der Waals surface area (Å²) in [6, 6.07) is 8.09. The first-order valence-corrected chi connectivity index (χ1v) is 8.57. The van der Waals surface area contributed by atoms with E-state index in [0.717, 1.165) is 23.6 Å². The van der Waals surface area contributed by atoms with Crippen LogP contribution in [0.15, 0.2) is 71.9 Å². The van der Waals surface area contributed by atoms with E-state index in [9.17, 15) is 5.11 Å². The van der Waals surface area contributed by atoms with Gasteiger partial charge in [-0.15, -0.1) is 0 Å². The van der Waals surface area contributed by atoms with Crippen molar-refractivity contribution < 1.29 is 9.84 Å². The van der Waals surface area contributed by atoms with Gasteiger partial charge in [-0.05, 0) is 38.1 Å².